The number of nitrogens with zero attached hydrogens (tertiary/aromatic N) is 2. The summed E-state index contributed by atoms with van der Waals surface area (Å²) in [6.45, 7) is 2.90. The first kappa shape index (κ1) is 13.6. The molecule has 0 bridgehead atoms. The van der Waals surface area contributed by atoms with E-state index >= 15 is 0 Å². The molecule has 0 radical (unpaired) electrons. The van der Waals surface area contributed by atoms with Crippen molar-refractivity contribution in [2.24, 2.45) is 0 Å². The molecule has 1 heterocycles. The second-order valence-electron chi connectivity index (χ2n) is 4.05. The summed E-state index contributed by atoms with van der Waals surface area (Å²) in [6.07, 6.45) is 3.54. The lowest BCUT2D eigenvalue weighted by atomic mass is 10.1. The summed E-state index contributed by atoms with van der Waals surface area (Å²) in [5, 5.41) is 10.8. The number of aromatic nitrogens is 2. The maximum absolute atomic E-state index is 10.2. The number of hydrogen-bond donors (Lipinski definition) is 1. The highest BCUT2D eigenvalue weighted by Crippen LogP contribution is 2.25. The number of aliphatic hydroxyl groups is 1. The Morgan fingerprint density at radius 2 is 2.22 bits per heavy atom. The van der Waals surface area contributed by atoms with E-state index in [1.54, 1.807) is 18.3 Å². The third-order valence-corrected chi connectivity index (χ3v) is 3.46. The monoisotopic (exact) mass is 328 g/mol. The van der Waals surface area contributed by atoms with Crippen molar-refractivity contribution >= 4 is 27.5 Å². The normalized spacial score (nSPS) is 12.7. The number of aryl methyl sites for hydroxylation is 1. The molecule has 0 saturated heterocycles. The molecule has 0 amide bonds. The summed E-state index contributed by atoms with van der Waals surface area (Å²) < 4.78 is 2.88. The van der Waals surface area contributed by atoms with E-state index in [1.165, 1.54) is 0 Å². The van der Waals surface area contributed by atoms with Crippen LogP contribution in [0.3, 0.4) is 0 Å². The summed E-state index contributed by atoms with van der Waals surface area (Å²) in [5.74, 6) is 0.876. The van der Waals surface area contributed by atoms with Gasteiger partial charge in [0.2, 0.25) is 0 Å². The van der Waals surface area contributed by atoms with Crippen LogP contribution in [-0.2, 0) is 13.0 Å². The second-order valence-corrected chi connectivity index (χ2v) is 5.40. The van der Waals surface area contributed by atoms with E-state index < -0.39 is 6.10 Å². The van der Waals surface area contributed by atoms with Crippen LogP contribution in [0.5, 0.6) is 0 Å². The summed E-state index contributed by atoms with van der Waals surface area (Å²) in [6, 6.07) is 5.44. The van der Waals surface area contributed by atoms with Crippen LogP contribution < -0.4 is 0 Å². The number of rotatable bonds is 4. The Balaban J connectivity index is 2.19. The van der Waals surface area contributed by atoms with E-state index in [4.69, 9.17) is 11.6 Å². The molecule has 1 unspecified atom stereocenters. The average Bonchev–Trinajstić information content (AvgIpc) is 2.75. The van der Waals surface area contributed by atoms with Crippen LogP contribution in [0, 0.1) is 0 Å². The Bertz CT molecular complexity index is 521. The lowest BCUT2D eigenvalue weighted by Gasteiger charge is -2.12. The maximum atomic E-state index is 10.2. The SMILES string of the molecule is CCn1ccnc1CC(O)c1cc(Cl)cc(Br)c1. The Hall–Kier alpha value is -0.840. The molecule has 0 aliphatic heterocycles. The fraction of sp³-hybridized carbons (Fsp3) is 0.308. The van der Waals surface area contributed by atoms with Gasteiger partial charge in [-0.1, -0.05) is 27.5 Å². The number of benzene rings is 1. The molecule has 2 rings (SSSR count). The zero-order chi connectivity index (χ0) is 13.1. The van der Waals surface area contributed by atoms with Crippen molar-refractivity contribution < 1.29 is 5.11 Å². The molecule has 1 atom stereocenters. The predicted octanol–water partition coefficient (Wildman–Crippen LogP) is 3.60. The molecule has 2 aromatic rings. The molecule has 3 nitrogen and oxygen atoms in total. The zero-order valence-electron chi connectivity index (χ0n) is 9.98. The fourth-order valence-electron chi connectivity index (χ4n) is 1.88. The number of halogens is 2. The van der Waals surface area contributed by atoms with E-state index in [0.717, 1.165) is 22.4 Å². The highest BCUT2D eigenvalue weighted by Gasteiger charge is 2.13. The summed E-state index contributed by atoms with van der Waals surface area (Å²) >= 11 is 9.34. The topological polar surface area (TPSA) is 38.0 Å². The summed E-state index contributed by atoms with van der Waals surface area (Å²) in [4.78, 5) is 4.26. The van der Waals surface area contributed by atoms with E-state index in [2.05, 4.69) is 20.9 Å². The minimum absolute atomic E-state index is 0.480. The highest BCUT2D eigenvalue weighted by atomic mass is 79.9. The molecule has 0 spiro atoms. The minimum atomic E-state index is -0.604. The van der Waals surface area contributed by atoms with Crippen LogP contribution in [0.15, 0.2) is 35.1 Å². The van der Waals surface area contributed by atoms with Gasteiger partial charge in [0.15, 0.2) is 0 Å². The van der Waals surface area contributed by atoms with Gasteiger partial charge in [-0.3, -0.25) is 0 Å². The molecule has 0 aliphatic carbocycles. The molecule has 96 valence electrons. The molecule has 1 N–H and O–H groups in total. The van der Waals surface area contributed by atoms with Crippen LogP contribution in [0.2, 0.25) is 5.02 Å². The highest BCUT2D eigenvalue weighted by molar-refractivity contribution is 9.10. The molecule has 0 saturated carbocycles. The van der Waals surface area contributed by atoms with E-state index in [0.29, 0.717) is 11.4 Å². The zero-order valence-corrected chi connectivity index (χ0v) is 12.3. The lowest BCUT2D eigenvalue weighted by Crippen LogP contribution is -2.08. The van der Waals surface area contributed by atoms with Crippen LogP contribution in [-0.4, -0.2) is 14.7 Å². The van der Waals surface area contributed by atoms with Crippen LogP contribution >= 0.6 is 27.5 Å². The van der Waals surface area contributed by atoms with E-state index in [9.17, 15) is 5.11 Å². The molecule has 5 heteroatoms. The van der Waals surface area contributed by atoms with Crippen molar-refractivity contribution in [3.8, 4) is 0 Å². The molecule has 1 aromatic carbocycles. The van der Waals surface area contributed by atoms with Crippen molar-refractivity contribution in [2.45, 2.75) is 26.0 Å². The maximum Gasteiger partial charge on any atom is 0.111 e. The van der Waals surface area contributed by atoms with Gasteiger partial charge in [0.1, 0.15) is 5.82 Å². The van der Waals surface area contributed by atoms with Crippen molar-refractivity contribution in [1.82, 2.24) is 9.55 Å². The largest absolute Gasteiger partial charge is 0.388 e. The molecule has 0 fully saturated rings. The number of hydrogen-bond acceptors (Lipinski definition) is 2. The number of aliphatic hydroxyl groups excluding tert-OH is 1. The van der Waals surface area contributed by atoms with Gasteiger partial charge in [0.05, 0.1) is 6.10 Å². The first-order chi connectivity index (χ1) is 8.60. The van der Waals surface area contributed by atoms with Gasteiger partial charge in [-0.25, -0.2) is 4.98 Å². The van der Waals surface area contributed by atoms with Crippen molar-refractivity contribution in [3.63, 3.8) is 0 Å². The van der Waals surface area contributed by atoms with Crippen molar-refractivity contribution in [1.29, 1.82) is 0 Å². The first-order valence-corrected chi connectivity index (χ1v) is 6.91. The third-order valence-electron chi connectivity index (χ3n) is 2.79. The minimum Gasteiger partial charge on any atom is -0.388 e. The molecular formula is C13H14BrClN2O. The second kappa shape index (κ2) is 5.87. The van der Waals surface area contributed by atoms with Gasteiger partial charge in [-0.05, 0) is 30.7 Å². The smallest absolute Gasteiger partial charge is 0.111 e. The Kier molecular flexibility index (Phi) is 4.43. The van der Waals surface area contributed by atoms with Crippen LogP contribution in [0.25, 0.3) is 0 Å². The molecule has 0 aliphatic rings. The van der Waals surface area contributed by atoms with Gasteiger partial charge >= 0.3 is 0 Å². The number of imidazole rings is 1. The Morgan fingerprint density at radius 1 is 1.44 bits per heavy atom. The summed E-state index contributed by atoms with van der Waals surface area (Å²) in [5.41, 5.74) is 0.792. The van der Waals surface area contributed by atoms with E-state index in [-0.39, 0.29) is 0 Å². The van der Waals surface area contributed by atoms with Crippen LogP contribution in [0.4, 0.5) is 0 Å². The van der Waals surface area contributed by atoms with Crippen molar-refractivity contribution in [3.05, 3.63) is 51.5 Å². The summed E-state index contributed by atoms with van der Waals surface area (Å²) in [7, 11) is 0. The molecule has 18 heavy (non-hydrogen) atoms. The quantitative estimate of drug-likeness (QED) is 0.931. The Labute approximate surface area is 120 Å². The fourth-order valence-corrected chi connectivity index (χ4v) is 2.76. The van der Waals surface area contributed by atoms with Gasteiger partial charge in [0.25, 0.3) is 0 Å². The predicted molar refractivity (Wildman–Crippen MR) is 75.7 cm³/mol. The lowest BCUT2D eigenvalue weighted by molar-refractivity contribution is 0.174. The standard InChI is InChI=1S/C13H14BrClN2O/c1-2-17-4-3-16-13(17)8-12(18)9-5-10(14)7-11(15)6-9/h3-7,12,18H,2,8H2,1H3. The third kappa shape index (κ3) is 3.13. The van der Waals surface area contributed by atoms with Gasteiger partial charge < -0.3 is 9.67 Å². The molecular weight excluding hydrogens is 316 g/mol. The molecule has 1 aromatic heterocycles. The first-order valence-electron chi connectivity index (χ1n) is 5.74. The van der Waals surface area contributed by atoms with Crippen molar-refractivity contribution in [2.75, 3.05) is 0 Å². The van der Waals surface area contributed by atoms with E-state index in [1.807, 2.05) is 23.8 Å². The Morgan fingerprint density at radius 3 is 2.89 bits per heavy atom. The van der Waals surface area contributed by atoms with Gasteiger partial charge in [-0.15, -0.1) is 0 Å². The van der Waals surface area contributed by atoms with Crippen LogP contribution in [0.1, 0.15) is 24.4 Å². The van der Waals surface area contributed by atoms with Gasteiger partial charge in [-0.2, -0.15) is 0 Å². The van der Waals surface area contributed by atoms with Gasteiger partial charge in [0, 0.05) is 34.9 Å². The average molecular weight is 330 g/mol.